The van der Waals surface area contributed by atoms with E-state index < -0.39 is 18.0 Å². The molecule has 1 unspecified atom stereocenters. The maximum atomic E-state index is 13.0. The van der Waals surface area contributed by atoms with E-state index in [2.05, 4.69) is 10.6 Å². The van der Waals surface area contributed by atoms with Crippen molar-refractivity contribution < 1.29 is 19.1 Å². The Morgan fingerprint density at radius 2 is 1.67 bits per heavy atom. The number of carbonyl (C=O) groups excluding carboxylic acids is 3. The molecule has 1 atom stereocenters. The van der Waals surface area contributed by atoms with Crippen LogP contribution in [0.2, 0.25) is 0 Å². The number of benzene rings is 3. The fraction of sp³-hybridized carbons (Fsp3) is 0.214. The van der Waals surface area contributed by atoms with Gasteiger partial charge in [0, 0.05) is 23.5 Å². The topological polar surface area (TPSA) is 112 Å². The van der Waals surface area contributed by atoms with Crippen LogP contribution >= 0.6 is 0 Å². The van der Waals surface area contributed by atoms with E-state index in [1.54, 1.807) is 47.4 Å². The van der Waals surface area contributed by atoms with E-state index in [0.717, 1.165) is 16.7 Å². The molecule has 0 bridgehead atoms. The van der Waals surface area contributed by atoms with Crippen LogP contribution in [-0.4, -0.2) is 36.0 Å². The summed E-state index contributed by atoms with van der Waals surface area (Å²) in [4.78, 5) is 39.2. The van der Waals surface area contributed by atoms with Gasteiger partial charge in [-0.05, 0) is 65.1 Å². The van der Waals surface area contributed by atoms with E-state index in [1.165, 1.54) is 7.11 Å². The SMILES string of the molecule is COC(=O)C(C(C)C)N1Cc2cc(-c3ccc(NC(=O)Nc4cccc(C#N)c4)cc3)ccc2C1=O. The number of anilines is 2. The summed E-state index contributed by atoms with van der Waals surface area (Å²) in [7, 11) is 1.33. The lowest BCUT2D eigenvalue weighted by molar-refractivity contribution is -0.147. The van der Waals surface area contributed by atoms with Crippen molar-refractivity contribution in [2.24, 2.45) is 5.92 Å². The smallest absolute Gasteiger partial charge is 0.328 e. The van der Waals surface area contributed by atoms with Crippen molar-refractivity contribution in [3.63, 3.8) is 0 Å². The molecule has 0 spiro atoms. The lowest BCUT2D eigenvalue weighted by Gasteiger charge is -2.28. The van der Waals surface area contributed by atoms with Gasteiger partial charge in [-0.3, -0.25) is 4.79 Å². The summed E-state index contributed by atoms with van der Waals surface area (Å²) in [5.74, 6) is -0.675. The van der Waals surface area contributed by atoms with E-state index in [4.69, 9.17) is 10.00 Å². The molecule has 2 N–H and O–H groups in total. The van der Waals surface area contributed by atoms with Crippen LogP contribution in [0, 0.1) is 17.2 Å². The number of ether oxygens (including phenoxy) is 1. The number of nitriles is 1. The molecule has 0 aromatic heterocycles. The molecule has 0 saturated carbocycles. The van der Waals surface area contributed by atoms with Gasteiger partial charge in [0.25, 0.3) is 5.91 Å². The number of esters is 1. The van der Waals surface area contributed by atoms with Gasteiger partial charge in [0.2, 0.25) is 0 Å². The van der Waals surface area contributed by atoms with Crippen LogP contribution in [-0.2, 0) is 16.1 Å². The zero-order valence-corrected chi connectivity index (χ0v) is 20.2. The summed E-state index contributed by atoms with van der Waals surface area (Å²) >= 11 is 0. The quantitative estimate of drug-likeness (QED) is 0.479. The summed E-state index contributed by atoms with van der Waals surface area (Å²) in [5, 5.41) is 14.5. The number of rotatable bonds is 6. The van der Waals surface area contributed by atoms with Gasteiger partial charge in [-0.2, -0.15) is 5.26 Å². The molecule has 0 aliphatic carbocycles. The van der Waals surface area contributed by atoms with Gasteiger partial charge in [0.1, 0.15) is 6.04 Å². The average molecular weight is 483 g/mol. The Balaban J connectivity index is 1.46. The van der Waals surface area contributed by atoms with Crippen molar-refractivity contribution in [2.45, 2.75) is 26.4 Å². The Morgan fingerprint density at radius 1 is 0.972 bits per heavy atom. The van der Waals surface area contributed by atoms with Gasteiger partial charge >= 0.3 is 12.0 Å². The monoisotopic (exact) mass is 482 g/mol. The second-order valence-corrected chi connectivity index (χ2v) is 8.87. The first-order chi connectivity index (χ1) is 17.3. The van der Waals surface area contributed by atoms with E-state index >= 15 is 0 Å². The number of hydrogen-bond acceptors (Lipinski definition) is 5. The third kappa shape index (κ3) is 5.05. The first-order valence-electron chi connectivity index (χ1n) is 11.5. The Kier molecular flexibility index (Phi) is 7.02. The minimum absolute atomic E-state index is 0.0808. The molecule has 182 valence electrons. The summed E-state index contributed by atoms with van der Waals surface area (Å²) < 4.78 is 4.93. The normalized spacial score (nSPS) is 13.1. The predicted molar refractivity (Wildman–Crippen MR) is 136 cm³/mol. The number of urea groups is 1. The first-order valence-corrected chi connectivity index (χ1v) is 11.5. The molecule has 3 aromatic rings. The summed E-state index contributed by atoms with van der Waals surface area (Å²) in [6, 6.07) is 20.6. The molecule has 0 radical (unpaired) electrons. The molecule has 0 saturated heterocycles. The lowest BCUT2D eigenvalue weighted by atomic mass is 10.0. The largest absolute Gasteiger partial charge is 0.467 e. The number of nitrogens with zero attached hydrogens (tertiary/aromatic N) is 2. The highest BCUT2D eigenvalue weighted by atomic mass is 16.5. The van der Waals surface area contributed by atoms with Crippen LogP contribution in [0.4, 0.5) is 16.2 Å². The number of hydrogen-bond donors (Lipinski definition) is 2. The summed E-state index contributed by atoms with van der Waals surface area (Å²) in [6.07, 6.45) is 0. The van der Waals surface area contributed by atoms with Crippen LogP contribution < -0.4 is 10.6 Å². The first kappa shape index (κ1) is 24.5. The van der Waals surface area contributed by atoms with Crippen LogP contribution in [0.5, 0.6) is 0 Å². The Morgan fingerprint density at radius 3 is 2.33 bits per heavy atom. The fourth-order valence-electron chi connectivity index (χ4n) is 4.33. The number of amides is 3. The van der Waals surface area contributed by atoms with Crippen LogP contribution in [0.25, 0.3) is 11.1 Å². The number of carbonyl (C=O) groups is 3. The molecule has 1 aliphatic rings. The molecule has 3 amide bonds. The third-order valence-corrected chi connectivity index (χ3v) is 6.07. The molecule has 0 fully saturated rings. The van der Waals surface area contributed by atoms with Gasteiger partial charge in [-0.15, -0.1) is 0 Å². The number of methoxy groups -OCH3 is 1. The minimum Gasteiger partial charge on any atom is -0.467 e. The van der Waals surface area contributed by atoms with Crippen molar-refractivity contribution in [3.05, 3.63) is 83.4 Å². The second-order valence-electron chi connectivity index (χ2n) is 8.87. The van der Waals surface area contributed by atoms with Gasteiger partial charge < -0.3 is 20.3 Å². The van der Waals surface area contributed by atoms with Crippen molar-refractivity contribution in [2.75, 3.05) is 17.7 Å². The fourth-order valence-corrected chi connectivity index (χ4v) is 4.33. The van der Waals surface area contributed by atoms with Crippen LogP contribution in [0.15, 0.2) is 66.7 Å². The van der Waals surface area contributed by atoms with Gasteiger partial charge in [-0.25, -0.2) is 9.59 Å². The summed E-state index contributed by atoms with van der Waals surface area (Å²) in [6.45, 7) is 4.12. The van der Waals surface area contributed by atoms with Gasteiger partial charge in [0.05, 0.1) is 18.7 Å². The van der Waals surface area contributed by atoms with Crippen molar-refractivity contribution >= 4 is 29.3 Å². The standard InChI is InChI=1S/C28H26N4O4/c1-17(2)25(27(34)36-3)32-16-21-14-20(9-12-24(21)26(32)33)19-7-10-22(11-8-19)30-28(35)31-23-6-4-5-18(13-23)15-29/h4-14,17,25H,16H2,1-3H3,(H2,30,31,35). The van der Waals surface area contributed by atoms with E-state index in [0.29, 0.717) is 29.0 Å². The highest BCUT2D eigenvalue weighted by molar-refractivity contribution is 6.01. The van der Waals surface area contributed by atoms with E-state index in [1.807, 2.05) is 44.2 Å². The molecular formula is C28H26N4O4. The molecule has 1 heterocycles. The van der Waals surface area contributed by atoms with Gasteiger partial charge in [-0.1, -0.05) is 38.1 Å². The molecule has 36 heavy (non-hydrogen) atoms. The summed E-state index contributed by atoms with van der Waals surface area (Å²) in [5.41, 5.74) is 4.87. The molecule has 1 aliphatic heterocycles. The number of fused-ring (bicyclic) bond motifs is 1. The average Bonchev–Trinajstić information content (AvgIpc) is 3.19. The highest BCUT2D eigenvalue weighted by Crippen LogP contribution is 2.32. The van der Waals surface area contributed by atoms with Crippen molar-refractivity contribution in [3.8, 4) is 17.2 Å². The molecule has 8 nitrogen and oxygen atoms in total. The Labute approximate surface area is 209 Å². The molecule has 3 aromatic carbocycles. The minimum atomic E-state index is -0.641. The maximum absolute atomic E-state index is 13.0. The maximum Gasteiger partial charge on any atom is 0.328 e. The zero-order valence-electron chi connectivity index (χ0n) is 20.2. The third-order valence-electron chi connectivity index (χ3n) is 6.07. The van der Waals surface area contributed by atoms with Crippen molar-refractivity contribution in [1.82, 2.24) is 4.90 Å². The highest BCUT2D eigenvalue weighted by Gasteiger charge is 2.38. The lowest BCUT2D eigenvalue weighted by Crippen LogP contribution is -2.45. The second kappa shape index (κ2) is 10.3. The van der Waals surface area contributed by atoms with Gasteiger partial charge in [0.15, 0.2) is 0 Å². The number of nitrogens with one attached hydrogen (secondary N) is 2. The Hall–Kier alpha value is -4.64. The van der Waals surface area contributed by atoms with E-state index in [-0.39, 0.29) is 11.8 Å². The predicted octanol–water partition coefficient (Wildman–Crippen LogP) is 5.02. The zero-order chi connectivity index (χ0) is 25.8. The molecule has 8 heteroatoms. The van der Waals surface area contributed by atoms with Crippen LogP contribution in [0.3, 0.4) is 0 Å². The van der Waals surface area contributed by atoms with E-state index in [9.17, 15) is 14.4 Å². The van der Waals surface area contributed by atoms with Crippen molar-refractivity contribution in [1.29, 1.82) is 5.26 Å². The molecular weight excluding hydrogens is 456 g/mol. The van der Waals surface area contributed by atoms with Crippen LogP contribution in [0.1, 0.15) is 35.3 Å². The Bertz CT molecular complexity index is 1360. The molecule has 4 rings (SSSR count).